The van der Waals surface area contributed by atoms with Crippen LogP contribution in [0.5, 0.6) is 5.75 Å². The van der Waals surface area contributed by atoms with Gasteiger partial charge in [-0.05, 0) is 35.4 Å². The highest BCUT2D eigenvalue weighted by Crippen LogP contribution is 2.29. The molecule has 112 valence electrons. The molecule has 0 aliphatic heterocycles. The van der Waals surface area contributed by atoms with E-state index in [0.29, 0.717) is 11.1 Å². The average Bonchev–Trinajstić information content (AvgIpc) is 2.44. The van der Waals surface area contributed by atoms with E-state index in [2.05, 4.69) is 0 Å². The topological polar surface area (TPSA) is 35.2 Å². The Kier molecular flexibility index (Phi) is 4.47. The molecule has 2 aromatic carbocycles. The highest BCUT2D eigenvalue weighted by atomic mass is 19.4. The molecule has 0 atom stereocenters. The maximum Gasteiger partial charge on any atom is 0.416 e. The molecule has 0 amide bonds. The molecule has 0 radical (unpaired) electrons. The molecule has 2 aromatic rings. The third-order valence-corrected chi connectivity index (χ3v) is 2.85. The Morgan fingerprint density at radius 3 is 2.19 bits per heavy atom. The Morgan fingerprint density at radius 2 is 1.62 bits per heavy atom. The van der Waals surface area contributed by atoms with Crippen LogP contribution in [0.25, 0.3) is 0 Å². The van der Waals surface area contributed by atoms with Gasteiger partial charge in [-0.2, -0.15) is 13.2 Å². The minimum absolute atomic E-state index is 0.0472. The summed E-state index contributed by atoms with van der Waals surface area (Å²) in [5.41, 5.74) is 5.84. The van der Waals surface area contributed by atoms with E-state index in [-0.39, 0.29) is 18.9 Å². The van der Waals surface area contributed by atoms with Crippen molar-refractivity contribution in [3.8, 4) is 5.75 Å². The minimum Gasteiger partial charge on any atom is -0.489 e. The summed E-state index contributed by atoms with van der Waals surface area (Å²) in [6.45, 7) is 0.222. The molecule has 0 spiro atoms. The summed E-state index contributed by atoms with van der Waals surface area (Å²) in [6.07, 6.45) is -4.36. The molecule has 2 rings (SSSR count). The van der Waals surface area contributed by atoms with Crippen LogP contribution in [0, 0.1) is 5.82 Å². The lowest BCUT2D eigenvalue weighted by molar-refractivity contribution is -0.137. The first kappa shape index (κ1) is 15.3. The van der Waals surface area contributed by atoms with E-state index < -0.39 is 17.6 Å². The van der Waals surface area contributed by atoms with Crippen molar-refractivity contribution in [1.82, 2.24) is 0 Å². The van der Waals surface area contributed by atoms with Crippen molar-refractivity contribution in [2.24, 2.45) is 5.73 Å². The second kappa shape index (κ2) is 6.13. The number of hydrogen-bond acceptors (Lipinski definition) is 2. The van der Waals surface area contributed by atoms with Crippen LogP contribution < -0.4 is 10.5 Å². The monoisotopic (exact) mass is 299 g/mol. The van der Waals surface area contributed by atoms with Gasteiger partial charge in [-0.3, -0.25) is 0 Å². The summed E-state index contributed by atoms with van der Waals surface area (Å²) in [7, 11) is 0. The molecule has 0 aliphatic rings. The molecule has 0 saturated carbocycles. The SMILES string of the molecule is NCc1cc(F)cc(OCc2ccc(C(F)(F)F)cc2)c1. The minimum atomic E-state index is -4.36. The highest BCUT2D eigenvalue weighted by molar-refractivity contribution is 5.30. The van der Waals surface area contributed by atoms with Gasteiger partial charge in [0.05, 0.1) is 5.56 Å². The van der Waals surface area contributed by atoms with Gasteiger partial charge in [-0.1, -0.05) is 12.1 Å². The summed E-state index contributed by atoms with van der Waals surface area (Å²) in [6, 6.07) is 8.70. The van der Waals surface area contributed by atoms with E-state index in [0.717, 1.165) is 12.1 Å². The predicted octanol–water partition coefficient (Wildman–Crippen LogP) is 3.88. The average molecular weight is 299 g/mol. The van der Waals surface area contributed by atoms with Crippen LogP contribution in [-0.4, -0.2) is 0 Å². The Labute approximate surface area is 119 Å². The summed E-state index contributed by atoms with van der Waals surface area (Å²) in [5, 5.41) is 0. The van der Waals surface area contributed by atoms with Crippen LogP contribution >= 0.6 is 0 Å². The number of rotatable bonds is 4. The molecule has 6 heteroatoms. The van der Waals surface area contributed by atoms with Gasteiger partial charge in [0.2, 0.25) is 0 Å². The Hall–Kier alpha value is -2.08. The molecule has 2 nitrogen and oxygen atoms in total. The first-order valence-corrected chi connectivity index (χ1v) is 6.17. The Balaban J connectivity index is 2.05. The quantitative estimate of drug-likeness (QED) is 0.870. The van der Waals surface area contributed by atoms with Gasteiger partial charge >= 0.3 is 6.18 Å². The number of hydrogen-bond donors (Lipinski definition) is 1. The fourth-order valence-electron chi connectivity index (χ4n) is 1.78. The van der Waals surface area contributed by atoms with E-state index in [9.17, 15) is 17.6 Å². The third-order valence-electron chi connectivity index (χ3n) is 2.85. The zero-order chi connectivity index (χ0) is 15.5. The van der Waals surface area contributed by atoms with Gasteiger partial charge in [-0.25, -0.2) is 4.39 Å². The zero-order valence-electron chi connectivity index (χ0n) is 11.0. The molecule has 0 aliphatic carbocycles. The lowest BCUT2D eigenvalue weighted by atomic mass is 10.1. The van der Waals surface area contributed by atoms with Crippen molar-refractivity contribution >= 4 is 0 Å². The molecular weight excluding hydrogens is 286 g/mol. The fourth-order valence-corrected chi connectivity index (χ4v) is 1.78. The van der Waals surface area contributed by atoms with Crippen LogP contribution in [0.3, 0.4) is 0 Å². The number of halogens is 4. The van der Waals surface area contributed by atoms with Crippen molar-refractivity contribution < 1.29 is 22.3 Å². The molecule has 0 saturated heterocycles. The zero-order valence-corrected chi connectivity index (χ0v) is 11.0. The number of nitrogens with two attached hydrogens (primary N) is 1. The smallest absolute Gasteiger partial charge is 0.416 e. The van der Waals surface area contributed by atoms with Crippen molar-refractivity contribution in [2.75, 3.05) is 0 Å². The summed E-state index contributed by atoms with van der Waals surface area (Å²) < 4.78 is 55.9. The van der Waals surface area contributed by atoms with Crippen LogP contribution in [0.4, 0.5) is 17.6 Å². The van der Waals surface area contributed by atoms with E-state index in [1.54, 1.807) is 6.07 Å². The largest absolute Gasteiger partial charge is 0.489 e. The number of benzene rings is 2. The van der Waals surface area contributed by atoms with Crippen LogP contribution in [0.1, 0.15) is 16.7 Å². The Morgan fingerprint density at radius 1 is 0.952 bits per heavy atom. The molecule has 0 bridgehead atoms. The van der Waals surface area contributed by atoms with Crippen molar-refractivity contribution in [2.45, 2.75) is 19.3 Å². The molecule has 0 unspecified atom stereocenters. The lowest BCUT2D eigenvalue weighted by Crippen LogP contribution is -2.05. The van der Waals surface area contributed by atoms with Gasteiger partial charge < -0.3 is 10.5 Å². The first-order chi connectivity index (χ1) is 9.88. The summed E-state index contributed by atoms with van der Waals surface area (Å²) in [5.74, 6) is -0.185. The maximum absolute atomic E-state index is 13.3. The van der Waals surface area contributed by atoms with E-state index >= 15 is 0 Å². The first-order valence-electron chi connectivity index (χ1n) is 6.17. The normalized spacial score (nSPS) is 11.5. The second-order valence-electron chi connectivity index (χ2n) is 4.48. The summed E-state index contributed by atoms with van der Waals surface area (Å²) in [4.78, 5) is 0. The van der Waals surface area contributed by atoms with Crippen LogP contribution in [0.15, 0.2) is 42.5 Å². The molecule has 2 N–H and O–H groups in total. The van der Waals surface area contributed by atoms with E-state index in [1.165, 1.54) is 24.3 Å². The van der Waals surface area contributed by atoms with Crippen LogP contribution in [-0.2, 0) is 19.3 Å². The summed E-state index contributed by atoms with van der Waals surface area (Å²) >= 11 is 0. The predicted molar refractivity (Wildman–Crippen MR) is 70.1 cm³/mol. The maximum atomic E-state index is 13.3. The molecule has 0 fully saturated rings. The highest BCUT2D eigenvalue weighted by Gasteiger charge is 2.29. The van der Waals surface area contributed by atoms with Crippen molar-refractivity contribution in [1.29, 1.82) is 0 Å². The fraction of sp³-hybridized carbons (Fsp3) is 0.200. The second-order valence-corrected chi connectivity index (χ2v) is 4.48. The van der Waals surface area contributed by atoms with Gasteiger partial charge in [0.25, 0.3) is 0 Å². The third kappa shape index (κ3) is 4.19. The van der Waals surface area contributed by atoms with Gasteiger partial charge in [0.15, 0.2) is 0 Å². The molecule has 21 heavy (non-hydrogen) atoms. The Bertz CT molecular complexity index is 608. The molecular formula is C15H13F4NO. The molecule has 0 aromatic heterocycles. The van der Waals surface area contributed by atoms with E-state index in [1.807, 2.05) is 0 Å². The van der Waals surface area contributed by atoms with Crippen molar-refractivity contribution in [3.63, 3.8) is 0 Å². The lowest BCUT2D eigenvalue weighted by Gasteiger charge is -2.10. The van der Waals surface area contributed by atoms with E-state index in [4.69, 9.17) is 10.5 Å². The number of ether oxygens (including phenoxy) is 1. The van der Waals surface area contributed by atoms with Gasteiger partial charge in [0.1, 0.15) is 18.2 Å². The van der Waals surface area contributed by atoms with Gasteiger partial charge in [-0.15, -0.1) is 0 Å². The number of alkyl halides is 3. The van der Waals surface area contributed by atoms with Crippen LogP contribution in [0.2, 0.25) is 0 Å². The molecule has 0 heterocycles. The van der Waals surface area contributed by atoms with Gasteiger partial charge in [0, 0.05) is 12.6 Å². The van der Waals surface area contributed by atoms with Crippen molar-refractivity contribution in [3.05, 3.63) is 65.0 Å². The standard InChI is InChI=1S/C15H13F4NO/c16-13-5-11(8-20)6-14(7-13)21-9-10-1-3-12(4-2-10)15(17,18)19/h1-7H,8-9,20H2.